The molecule has 3 rings (SSSR count). The number of hydrogen-bond donors (Lipinski definition) is 1. The van der Waals surface area contributed by atoms with Crippen LogP contribution in [0.25, 0.3) is 0 Å². The Balaban J connectivity index is 1.89. The van der Waals surface area contributed by atoms with E-state index in [1.807, 2.05) is 26.0 Å². The number of hydrogen-bond acceptors (Lipinski definition) is 5. The Morgan fingerprint density at radius 2 is 1.96 bits per heavy atom. The molecule has 132 valence electrons. The van der Waals surface area contributed by atoms with Gasteiger partial charge in [0.05, 0.1) is 24.5 Å². The second kappa shape index (κ2) is 7.09. The molecule has 1 aliphatic rings. The Morgan fingerprint density at radius 1 is 1.24 bits per heavy atom. The van der Waals surface area contributed by atoms with Crippen LogP contribution in [0.1, 0.15) is 29.8 Å². The minimum absolute atomic E-state index is 0.0163. The van der Waals surface area contributed by atoms with Gasteiger partial charge < -0.3 is 15.0 Å². The zero-order valence-corrected chi connectivity index (χ0v) is 15.1. The molecule has 6 heteroatoms. The molecule has 0 bridgehead atoms. The number of carbonyl (C=O) groups is 1. The van der Waals surface area contributed by atoms with Crippen LogP contribution in [-0.2, 0) is 4.79 Å². The van der Waals surface area contributed by atoms with Gasteiger partial charge in [0, 0.05) is 32.1 Å². The van der Waals surface area contributed by atoms with E-state index in [0.717, 1.165) is 36.0 Å². The van der Waals surface area contributed by atoms with Crippen molar-refractivity contribution in [1.29, 1.82) is 0 Å². The lowest BCUT2D eigenvalue weighted by Gasteiger charge is -2.19. The summed E-state index contributed by atoms with van der Waals surface area (Å²) in [5.74, 6) is 1.90. The standard InChI is InChI=1S/C19H24N4O2/c1-12-9-20-13(2)19(21-12)23-10-17(18(11-23)22-14(3)24)15-5-7-16(25-4)8-6-15/h5-9,17-18H,10-11H2,1-4H3,(H,22,24)/t17-,18+/m0/s1. The number of rotatable bonds is 4. The van der Waals surface area contributed by atoms with Crippen molar-refractivity contribution in [3.05, 3.63) is 47.4 Å². The molecule has 1 aliphatic heterocycles. The highest BCUT2D eigenvalue weighted by molar-refractivity contribution is 5.73. The van der Waals surface area contributed by atoms with E-state index in [1.54, 1.807) is 20.2 Å². The van der Waals surface area contributed by atoms with Crippen LogP contribution in [0.2, 0.25) is 0 Å². The molecule has 0 radical (unpaired) electrons. The molecular weight excluding hydrogens is 316 g/mol. The summed E-state index contributed by atoms with van der Waals surface area (Å²) in [7, 11) is 1.66. The monoisotopic (exact) mass is 340 g/mol. The molecule has 2 atom stereocenters. The summed E-state index contributed by atoms with van der Waals surface area (Å²) < 4.78 is 5.24. The maximum Gasteiger partial charge on any atom is 0.217 e. The highest BCUT2D eigenvalue weighted by Crippen LogP contribution is 2.32. The minimum atomic E-state index is -0.0163. The topological polar surface area (TPSA) is 67.3 Å². The summed E-state index contributed by atoms with van der Waals surface area (Å²) in [6.45, 7) is 6.98. The van der Waals surface area contributed by atoms with Gasteiger partial charge in [-0.05, 0) is 31.5 Å². The minimum Gasteiger partial charge on any atom is -0.497 e. The highest BCUT2D eigenvalue weighted by atomic mass is 16.5. The van der Waals surface area contributed by atoms with Crippen LogP contribution in [0.15, 0.2) is 30.5 Å². The second-order valence-electron chi connectivity index (χ2n) is 6.51. The number of nitrogens with zero attached hydrogens (tertiary/aromatic N) is 3. The predicted octanol–water partition coefficient (Wildman–Crippen LogP) is 2.21. The molecule has 25 heavy (non-hydrogen) atoms. The molecule has 1 amide bonds. The summed E-state index contributed by atoms with van der Waals surface area (Å²) in [6, 6.07) is 8.08. The maximum absolute atomic E-state index is 11.7. The number of ether oxygens (including phenoxy) is 1. The van der Waals surface area contributed by atoms with Gasteiger partial charge in [-0.25, -0.2) is 4.98 Å². The highest BCUT2D eigenvalue weighted by Gasteiger charge is 2.35. The molecule has 0 spiro atoms. The number of aryl methyl sites for hydroxylation is 2. The van der Waals surface area contributed by atoms with E-state index in [-0.39, 0.29) is 17.9 Å². The molecule has 6 nitrogen and oxygen atoms in total. The Labute approximate surface area is 148 Å². The first kappa shape index (κ1) is 17.2. The first-order chi connectivity index (χ1) is 12.0. The smallest absolute Gasteiger partial charge is 0.217 e. The van der Waals surface area contributed by atoms with Crippen molar-refractivity contribution in [2.75, 3.05) is 25.1 Å². The summed E-state index contributed by atoms with van der Waals surface area (Å²) in [5, 5.41) is 3.09. The lowest BCUT2D eigenvalue weighted by Crippen LogP contribution is -2.38. The summed E-state index contributed by atoms with van der Waals surface area (Å²) in [4.78, 5) is 23.0. The van der Waals surface area contributed by atoms with Crippen molar-refractivity contribution in [1.82, 2.24) is 15.3 Å². The quantitative estimate of drug-likeness (QED) is 0.924. The van der Waals surface area contributed by atoms with Crippen molar-refractivity contribution in [2.45, 2.75) is 32.7 Å². The van der Waals surface area contributed by atoms with Crippen molar-refractivity contribution >= 4 is 11.7 Å². The first-order valence-corrected chi connectivity index (χ1v) is 8.44. The first-order valence-electron chi connectivity index (χ1n) is 8.44. The molecule has 0 aliphatic carbocycles. The molecule has 0 unspecified atom stereocenters. The molecule has 1 fully saturated rings. The van der Waals surface area contributed by atoms with Gasteiger partial charge in [-0.3, -0.25) is 9.78 Å². The molecule has 2 heterocycles. The fraction of sp³-hybridized carbons (Fsp3) is 0.421. The van der Waals surface area contributed by atoms with Gasteiger partial charge >= 0.3 is 0 Å². The molecule has 2 aromatic rings. The van der Waals surface area contributed by atoms with E-state index in [2.05, 4.69) is 32.3 Å². The summed E-state index contributed by atoms with van der Waals surface area (Å²) >= 11 is 0. The van der Waals surface area contributed by atoms with Crippen LogP contribution in [0.3, 0.4) is 0 Å². The SMILES string of the molecule is COc1ccc([C@@H]2CN(c3nc(C)cnc3C)C[C@H]2NC(C)=O)cc1. The van der Waals surface area contributed by atoms with E-state index in [1.165, 1.54) is 5.56 Å². The van der Waals surface area contributed by atoms with Gasteiger partial charge in [0.25, 0.3) is 0 Å². The van der Waals surface area contributed by atoms with Crippen molar-refractivity contribution < 1.29 is 9.53 Å². The van der Waals surface area contributed by atoms with Crippen molar-refractivity contribution in [3.8, 4) is 5.75 Å². The van der Waals surface area contributed by atoms with Gasteiger partial charge in [-0.2, -0.15) is 0 Å². The normalized spacial score (nSPS) is 19.8. The third-order valence-corrected chi connectivity index (χ3v) is 4.60. The molecule has 0 saturated carbocycles. The molecular formula is C19H24N4O2. The number of methoxy groups -OCH3 is 1. The van der Waals surface area contributed by atoms with Crippen LogP contribution < -0.4 is 15.0 Å². The largest absolute Gasteiger partial charge is 0.497 e. The van der Waals surface area contributed by atoms with E-state index < -0.39 is 0 Å². The molecule has 1 saturated heterocycles. The van der Waals surface area contributed by atoms with Gasteiger partial charge in [-0.15, -0.1) is 0 Å². The van der Waals surface area contributed by atoms with E-state index in [0.29, 0.717) is 0 Å². The number of benzene rings is 1. The fourth-order valence-corrected chi connectivity index (χ4v) is 3.40. The van der Waals surface area contributed by atoms with Gasteiger partial charge in [0.15, 0.2) is 0 Å². The Hall–Kier alpha value is -2.63. The third-order valence-electron chi connectivity index (χ3n) is 4.60. The number of aromatic nitrogens is 2. The Morgan fingerprint density at radius 3 is 2.60 bits per heavy atom. The van der Waals surface area contributed by atoms with E-state index in [4.69, 9.17) is 4.74 Å². The molecule has 1 aromatic heterocycles. The maximum atomic E-state index is 11.7. The third kappa shape index (κ3) is 3.73. The van der Waals surface area contributed by atoms with Crippen LogP contribution in [0, 0.1) is 13.8 Å². The number of nitrogens with one attached hydrogen (secondary N) is 1. The second-order valence-corrected chi connectivity index (χ2v) is 6.51. The summed E-state index contributed by atoms with van der Waals surface area (Å²) in [5.41, 5.74) is 2.98. The van der Waals surface area contributed by atoms with Crippen LogP contribution in [-0.4, -0.2) is 42.1 Å². The van der Waals surface area contributed by atoms with E-state index >= 15 is 0 Å². The van der Waals surface area contributed by atoms with Crippen molar-refractivity contribution in [3.63, 3.8) is 0 Å². The average molecular weight is 340 g/mol. The lowest BCUT2D eigenvalue weighted by molar-refractivity contribution is -0.119. The number of carbonyl (C=O) groups excluding carboxylic acids is 1. The number of anilines is 1. The predicted molar refractivity (Wildman–Crippen MR) is 97.1 cm³/mol. The number of amides is 1. The fourth-order valence-electron chi connectivity index (χ4n) is 3.40. The molecule has 1 aromatic carbocycles. The van der Waals surface area contributed by atoms with Crippen LogP contribution >= 0.6 is 0 Å². The molecule has 1 N–H and O–H groups in total. The van der Waals surface area contributed by atoms with Gasteiger partial charge in [0.2, 0.25) is 5.91 Å². The Bertz CT molecular complexity index is 761. The lowest BCUT2D eigenvalue weighted by atomic mass is 9.94. The average Bonchev–Trinajstić information content (AvgIpc) is 3.00. The zero-order valence-electron chi connectivity index (χ0n) is 15.1. The van der Waals surface area contributed by atoms with Gasteiger partial charge in [-0.1, -0.05) is 12.1 Å². The van der Waals surface area contributed by atoms with Crippen molar-refractivity contribution in [2.24, 2.45) is 0 Å². The zero-order chi connectivity index (χ0) is 18.0. The summed E-state index contributed by atoms with van der Waals surface area (Å²) in [6.07, 6.45) is 1.78. The van der Waals surface area contributed by atoms with Crippen LogP contribution in [0.5, 0.6) is 5.75 Å². The van der Waals surface area contributed by atoms with Crippen LogP contribution in [0.4, 0.5) is 5.82 Å². The van der Waals surface area contributed by atoms with Gasteiger partial charge in [0.1, 0.15) is 11.6 Å². The van der Waals surface area contributed by atoms with E-state index in [9.17, 15) is 4.79 Å². The Kier molecular flexibility index (Phi) is 4.88.